The van der Waals surface area contributed by atoms with E-state index in [-0.39, 0.29) is 6.61 Å². The number of rotatable bonds is 6. The maximum atomic E-state index is 12.7. The standard InChI is InChI=1S/C17H24O7S/c1-11(2)14(18)24-17-8-12-5-13(9-17)7-16(6-12,10-17)15(19)23-3-4-25(20,21)22/h12-13H,1,3-10H2,2H3,(H,20,21,22). The predicted molar refractivity (Wildman–Crippen MR) is 88.1 cm³/mol. The normalized spacial score (nSPS) is 36.1. The van der Waals surface area contributed by atoms with Gasteiger partial charge in [-0.15, -0.1) is 0 Å². The van der Waals surface area contributed by atoms with Crippen molar-refractivity contribution in [3.63, 3.8) is 0 Å². The highest BCUT2D eigenvalue weighted by atomic mass is 32.2. The lowest BCUT2D eigenvalue weighted by molar-refractivity contribution is -0.210. The van der Waals surface area contributed by atoms with E-state index in [1.54, 1.807) is 6.92 Å². The van der Waals surface area contributed by atoms with E-state index in [9.17, 15) is 18.0 Å². The first-order valence-electron chi connectivity index (χ1n) is 8.54. The van der Waals surface area contributed by atoms with Gasteiger partial charge in [0, 0.05) is 12.0 Å². The van der Waals surface area contributed by atoms with E-state index in [1.807, 2.05) is 0 Å². The van der Waals surface area contributed by atoms with Gasteiger partial charge in [-0.2, -0.15) is 8.42 Å². The molecule has 140 valence electrons. The zero-order valence-corrected chi connectivity index (χ0v) is 15.1. The Bertz CT molecular complexity index is 695. The summed E-state index contributed by atoms with van der Waals surface area (Å²) < 4.78 is 41.3. The smallest absolute Gasteiger partial charge is 0.333 e. The van der Waals surface area contributed by atoms with Crippen LogP contribution in [0.1, 0.15) is 45.4 Å². The molecule has 4 saturated carbocycles. The van der Waals surface area contributed by atoms with E-state index in [2.05, 4.69) is 6.58 Å². The van der Waals surface area contributed by atoms with Crippen molar-refractivity contribution in [3.05, 3.63) is 12.2 Å². The molecule has 4 aliphatic carbocycles. The van der Waals surface area contributed by atoms with Gasteiger partial charge in [-0.25, -0.2) is 4.79 Å². The molecule has 0 aromatic heterocycles. The molecule has 4 rings (SSSR count). The number of hydrogen-bond donors (Lipinski definition) is 1. The Morgan fingerprint density at radius 1 is 1.20 bits per heavy atom. The summed E-state index contributed by atoms with van der Waals surface area (Å²) in [6, 6.07) is 0. The monoisotopic (exact) mass is 372 g/mol. The van der Waals surface area contributed by atoms with Crippen LogP contribution in [0, 0.1) is 17.3 Å². The molecule has 4 fully saturated rings. The van der Waals surface area contributed by atoms with Gasteiger partial charge < -0.3 is 9.47 Å². The van der Waals surface area contributed by atoms with Crippen LogP contribution in [0.15, 0.2) is 12.2 Å². The van der Waals surface area contributed by atoms with Crippen LogP contribution in [-0.2, 0) is 29.2 Å². The van der Waals surface area contributed by atoms with E-state index in [4.69, 9.17) is 14.0 Å². The molecule has 0 radical (unpaired) electrons. The molecule has 4 bridgehead atoms. The molecule has 0 saturated heterocycles. The third kappa shape index (κ3) is 3.74. The average molecular weight is 372 g/mol. The summed E-state index contributed by atoms with van der Waals surface area (Å²) in [7, 11) is -4.17. The highest BCUT2D eigenvalue weighted by Crippen LogP contribution is 2.63. The molecule has 0 heterocycles. The van der Waals surface area contributed by atoms with Crippen LogP contribution in [0.25, 0.3) is 0 Å². The Morgan fingerprint density at radius 3 is 2.32 bits per heavy atom. The quantitative estimate of drug-likeness (QED) is 0.431. The number of carbonyl (C=O) groups excluding carboxylic acids is 2. The Labute approximate surface area is 147 Å². The highest BCUT2D eigenvalue weighted by Gasteiger charge is 2.63. The first-order valence-corrected chi connectivity index (χ1v) is 10.1. The molecular formula is C17H24O7S. The van der Waals surface area contributed by atoms with E-state index >= 15 is 0 Å². The zero-order valence-electron chi connectivity index (χ0n) is 14.3. The van der Waals surface area contributed by atoms with Crippen molar-refractivity contribution in [2.75, 3.05) is 12.4 Å². The number of hydrogen-bond acceptors (Lipinski definition) is 6. The maximum absolute atomic E-state index is 12.7. The van der Waals surface area contributed by atoms with Gasteiger partial charge in [-0.3, -0.25) is 9.35 Å². The molecular weight excluding hydrogens is 348 g/mol. The van der Waals surface area contributed by atoms with Gasteiger partial charge in [-0.1, -0.05) is 6.58 Å². The molecule has 0 aliphatic heterocycles. The SMILES string of the molecule is C=C(C)C(=O)OC12CC3CC(C1)CC(C(=O)OCCS(=O)(=O)O)(C3)C2. The van der Waals surface area contributed by atoms with E-state index in [0.29, 0.717) is 36.7 Å². The van der Waals surface area contributed by atoms with Gasteiger partial charge in [0.25, 0.3) is 10.1 Å². The van der Waals surface area contributed by atoms with Crippen molar-refractivity contribution in [2.45, 2.75) is 51.0 Å². The molecule has 8 heteroatoms. The summed E-state index contributed by atoms with van der Waals surface area (Å²) in [6.07, 6.45) is 4.30. The minimum Gasteiger partial charge on any atom is -0.464 e. The van der Waals surface area contributed by atoms with Crippen LogP contribution >= 0.6 is 0 Å². The lowest BCUT2D eigenvalue weighted by Crippen LogP contribution is -2.60. The Hall–Kier alpha value is -1.41. The lowest BCUT2D eigenvalue weighted by Gasteiger charge is -2.59. The first kappa shape index (κ1) is 18.4. The molecule has 0 aromatic rings. The van der Waals surface area contributed by atoms with Crippen LogP contribution in [0.3, 0.4) is 0 Å². The average Bonchev–Trinajstić information content (AvgIpc) is 2.43. The lowest BCUT2D eigenvalue weighted by atomic mass is 9.48. The maximum Gasteiger partial charge on any atom is 0.333 e. The van der Waals surface area contributed by atoms with E-state index in [1.165, 1.54) is 0 Å². The second-order valence-electron chi connectivity index (χ2n) is 8.02. The van der Waals surface area contributed by atoms with Gasteiger partial charge in [0.15, 0.2) is 0 Å². The molecule has 4 aliphatic rings. The summed E-state index contributed by atoms with van der Waals surface area (Å²) in [4.78, 5) is 24.7. The Morgan fingerprint density at radius 2 is 1.80 bits per heavy atom. The van der Waals surface area contributed by atoms with Crippen molar-refractivity contribution in [3.8, 4) is 0 Å². The van der Waals surface area contributed by atoms with Gasteiger partial charge in [0.2, 0.25) is 0 Å². The van der Waals surface area contributed by atoms with Crippen LogP contribution < -0.4 is 0 Å². The van der Waals surface area contributed by atoms with Gasteiger partial charge in [-0.05, 0) is 50.9 Å². The number of esters is 2. The fraction of sp³-hybridized carbons (Fsp3) is 0.765. The minimum atomic E-state index is -4.17. The van der Waals surface area contributed by atoms with Gasteiger partial charge >= 0.3 is 11.9 Å². The Kier molecular flexibility index (Phi) is 4.48. The van der Waals surface area contributed by atoms with Crippen molar-refractivity contribution >= 4 is 22.1 Å². The summed E-state index contributed by atoms with van der Waals surface area (Å²) >= 11 is 0. The van der Waals surface area contributed by atoms with Crippen molar-refractivity contribution in [2.24, 2.45) is 17.3 Å². The predicted octanol–water partition coefficient (Wildman–Crippen LogP) is 1.88. The third-order valence-electron chi connectivity index (χ3n) is 5.67. The molecule has 1 N–H and O–H groups in total. The molecule has 0 aromatic carbocycles. The summed E-state index contributed by atoms with van der Waals surface area (Å²) in [5, 5.41) is 0. The van der Waals surface area contributed by atoms with Crippen LogP contribution in [0.2, 0.25) is 0 Å². The van der Waals surface area contributed by atoms with Crippen molar-refractivity contribution in [1.82, 2.24) is 0 Å². The second kappa shape index (κ2) is 6.09. The Balaban J connectivity index is 1.74. The zero-order chi connectivity index (χ0) is 18.5. The van der Waals surface area contributed by atoms with Crippen molar-refractivity contribution < 1.29 is 32.0 Å². The van der Waals surface area contributed by atoms with E-state index in [0.717, 1.165) is 19.3 Å². The number of ether oxygens (including phenoxy) is 2. The molecule has 25 heavy (non-hydrogen) atoms. The third-order valence-corrected chi connectivity index (χ3v) is 6.36. The van der Waals surface area contributed by atoms with E-state index < -0.39 is 38.8 Å². The molecule has 0 amide bonds. The van der Waals surface area contributed by atoms with Gasteiger partial charge in [0.05, 0.1) is 5.41 Å². The molecule has 0 spiro atoms. The highest BCUT2D eigenvalue weighted by molar-refractivity contribution is 7.85. The molecule has 2 unspecified atom stereocenters. The number of carbonyl (C=O) groups is 2. The van der Waals surface area contributed by atoms with Crippen LogP contribution in [-0.4, -0.2) is 42.9 Å². The first-order chi connectivity index (χ1) is 11.5. The second-order valence-corrected chi connectivity index (χ2v) is 9.59. The van der Waals surface area contributed by atoms with Crippen LogP contribution in [0.4, 0.5) is 0 Å². The fourth-order valence-corrected chi connectivity index (χ4v) is 5.51. The summed E-state index contributed by atoms with van der Waals surface area (Å²) in [5.41, 5.74) is -1.04. The van der Waals surface area contributed by atoms with Gasteiger partial charge in [0.1, 0.15) is 18.0 Å². The summed E-state index contributed by atoms with van der Waals surface area (Å²) in [5.74, 6) is -0.892. The fourth-order valence-electron chi connectivity index (χ4n) is 5.21. The topological polar surface area (TPSA) is 107 Å². The summed E-state index contributed by atoms with van der Waals surface area (Å²) in [6.45, 7) is 4.85. The molecule has 7 nitrogen and oxygen atoms in total. The van der Waals surface area contributed by atoms with Crippen LogP contribution in [0.5, 0.6) is 0 Å². The largest absolute Gasteiger partial charge is 0.464 e. The van der Waals surface area contributed by atoms with Crippen molar-refractivity contribution in [1.29, 1.82) is 0 Å². The molecule has 2 atom stereocenters. The minimum absolute atomic E-state index is 0.299.